The second-order valence-corrected chi connectivity index (χ2v) is 4.93. The molecule has 0 aliphatic rings. The zero-order chi connectivity index (χ0) is 15.1. The van der Waals surface area contributed by atoms with Gasteiger partial charge in [0.25, 0.3) is 0 Å². The highest BCUT2D eigenvalue weighted by Crippen LogP contribution is 2.27. The Labute approximate surface area is 121 Å². The Morgan fingerprint density at radius 2 is 1.90 bits per heavy atom. The Morgan fingerprint density at radius 3 is 2.45 bits per heavy atom. The normalized spacial score (nSPS) is 10.3. The molecule has 0 fully saturated rings. The average molecular weight is 301 g/mol. The quantitative estimate of drug-likeness (QED) is 0.599. The van der Waals surface area contributed by atoms with E-state index in [1.807, 2.05) is 6.92 Å². The molecular weight excluding hydrogens is 282 g/mol. The molecule has 1 heterocycles. The van der Waals surface area contributed by atoms with Crippen LogP contribution in [0.25, 0.3) is 0 Å². The Kier molecular flexibility index (Phi) is 6.37. The Bertz CT molecular complexity index is 487. The van der Waals surface area contributed by atoms with Gasteiger partial charge >= 0.3 is 11.9 Å². The first-order valence-electron chi connectivity index (χ1n) is 6.36. The number of nitrogens with two attached hydrogens (primary N) is 1. The van der Waals surface area contributed by atoms with E-state index in [4.69, 9.17) is 15.2 Å². The van der Waals surface area contributed by atoms with Crippen LogP contribution in [0.15, 0.2) is 5.03 Å². The highest BCUT2D eigenvalue weighted by Gasteiger charge is 2.24. The SMILES string of the molecule is CCOC(=O)Cn1nc(SCC)c(C(=O)OCC)c1N. The zero-order valence-corrected chi connectivity index (χ0v) is 12.7. The second-order valence-electron chi connectivity index (χ2n) is 3.68. The molecule has 0 aliphatic carbocycles. The van der Waals surface area contributed by atoms with E-state index in [1.54, 1.807) is 13.8 Å². The van der Waals surface area contributed by atoms with Crippen molar-refractivity contribution in [2.75, 3.05) is 24.7 Å². The monoisotopic (exact) mass is 301 g/mol. The average Bonchev–Trinajstić information content (AvgIpc) is 2.67. The topological polar surface area (TPSA) is 96.4 Å². The van der Waals surface area contributed by atoms with Crippen molar-refractivity contribution in [3.8, 4) is 0 Å². The van der Waals surface area contributed by atoms with Crippen LogP contribution in [0.2, 0.25) is 0 Å². The minimum absolute atomic E-state index is 0.118. The van der Waals surface area contributed by atoms with Gasteiger partial charge in [-0.2, -0.15) is 5.10 Å². The smallest absolute Gasteiger partial charge is 0.344 e. The molecule has 2 N–H and O–H groups in total. The van der Waals surface area contributed by atoms with E-state index in [2.05, 4.69) is 5.10 Å². The fraction of sp³-hybridized carbons (Fsp3) is 0.583. The molecule has 1 aromatic rings. The van der Waals surface area contributed by atoms with Crippen LogP contribution in [-0.4, -0.2) is 40.7 Å². The van der Waals surface area contributed by atoms with Crippen LogP contribution in [-0.2, 0) is 20.8 Å². The van der Waals surface area contributed by atoms with Gasteiger partial charge in [0, 0.05) is 0 Å². The first kappa shape index (κ1) is 16.4. The molecule has 0 saturated heterocycles. The van der Waals surface area contributed by atoms with Crippen molar-refractivity contribution in [3.63, 3.8) is 0 Å². The number of carbonyl (C=O) groups is 2. The molecule has 1 rings (SSSR count). The Hall–Kier alpha value is -1.70. The van der Waals surface area contributed by atoms with Crippen molar-refractivity contribution in [1.29, 1.82) is 0 Å². The van der Waals surface area contributed by atoms with Gasteiger partial charge in [0.1, 0.15) is 23.0 Å². The van der Waals surface area contributed by atoms with Gasteiger partial charge in [-0.15, -0.1) is 11.8 Å². The molecule has 7 nitrogen and oxygen atoms in total. The number of rotatable bonds is 7. The summed E-state index contributed by atoms with van der Waals surface area (Å²) in [5.41, 5.74) is 6.10. The lowest BCUT2D eigenvalue weighted by molar-refractivity contribution is -0.144. The lowest BCUT2D eigenvalue weighted by atomic mass is 10.3. The van der Waals surface area contributed by atoms with E-state index in [0.29, 0.717) is 5.03 Å². The van der Waals surface area contributed by atoms with E-state index in [1.165, 1.54) is 16.4 Å². The summed E-state index contributed by atoms with van der Waals surface area (Å²) in [6, 6.07) is 0. The highest BCUT2D eigenvalue weighted by molar-refractivity contribution is 7.99. The first-order chi connectivity index (χ1) is 9.54. The summed E-state index contributed by atoms with van der Waals surface area (Å²) in [5.74, 6) is -0.143. The number of carbonyl (C=O) groups excluding carboxylic acids is 2. The standard InChI is InChI=1S/C12H19N3O4S/c1-4-18-8(16)7-15-10(13)9(12(17)19-5-2)11(14-15)20-6-3/h4-7,13H2,1-3H3. The number of ether oxygens (including phenoxy) is 2. The van der Waals surface area contributed by atoms with Gasteiger partial charge in [-0.3, -0.25) is 4.79 Å². The summed E-state index contributed by atoms with van der Waals surface area (Å²) >= 11 is 1.37. The van der Waals surface area contributed by atoms with Gasteiger partial charge in [-0.05, 0) is 19.6 Å². The number of aromatic nitrogens is 2. The molecule has 0 atom stereocenters. The summed E-state index contributed by atoms with van der Waals surface area (Å²) in [5, 5.41) is 4.64. The second kappa shape index (κ2) is 7.78. The zero-order valence-electron chi connectivity index (χ0n) is 11.8. The van der Waals surface area contributed by atoms with Gasteiger partial charge in [0.15, 0.2) is 0 Å². The van der Waals surface area contributed by atoms with Gasteiger partial charge in [-0.1, -0.05) is 6.92 Å². The van der Waals surface area contributed by atoms with E-state index < -0.39 is 11.9 Å². The fourth-order valence-corrected chi connectivity index (χ4v) is 2.30. The van der Waals surface area contributed by atoms with E-state index in [0.717, 1.165) is 5.75 Å². The molecule has 0 spiro atoms. The largest absolute Gasteiger partial charge is 0.465 e. The Balaban J connectivity index is 3.05. The third kappa shape index (κ3) is 3.89. The number of nitrogen functional groups attached to an aromatic ring is 1. The predicted octanol–water partition coefficient (Wildman–Crippen LogP) is 1.32. The molecule has 0 unspecified atom stereocenters. The molecular formula is C12H19N3O4S. The van der Waals surface area contributed by atoms with Crippen LogP contribution in [0.4, 0.5) is 5.82 Å². The molecule has 0 aromatic carbocycles. The third-order valence-corrected chi connectivity index (χ3v) is 3.15. The van der Waals surface area contributed by atoms with Gasteiger partial charge in [-0.25, -0.2) is 9.48 Å². The van der Waals surface area contributed by atoms with E-state index in [-0.39, 0.29) is 31.1 Å². The van der Waals surface area contributed by atoms with Crippen LogP contribution >= 0.6 is 11.8 Å². The maximum absolute atomic E-state index is 11.9. The minimum Gasteiger partial charge on any atom is -0.465 e. The predicted molar refractivity (Wildman–Crippen MR) is 75.6 cm³/mol. The number of esters is 2. The lowest BCUT2D eigenvalue weighted by Gasteiger charge is -2.04. The van der Waals surface area contributed by atoms with Gasteiger partial charge in [0.2, 0.25) is 0 Å². The third-order valence-electron chi connectivity index (χ3n) is 2.30. The van der Waals surface area contributed by atoms with Crippen molar-refractivity contribution in [2.45, 2.75) is 32.3 Å². The first-order valence-corrected chi connectivity index (χ1v) is 7.35. The maximum atomic E-state index is 11.9. The maximum Gasteiger partial charge on any atom is 0.344 e. The van der Waals surface area contributed by atoms with Crippen LogP contribution < -0.4 is 5.73 Å². The van der Waals surface area contributed by atoms with Crippen molar-refractivity contribution in [2.24, 2.45) is 0 Å². The van der Waals surface area contributed by atoms with Crippen LogP contribution in [0.3, 0.4) is 0 Å². The van der Waals surface area contributed by atoms with Crippen molar-refractivity contribution in [1.82, 2.24) is 9.78 Å². The summed E-state index contributed by atoms with van der Waals surface area (Å²) in [4.78, 5) is 23.4. The fourth-order valence-electron chi connectivity index (χ4n) is 1.53. The summed E-state index contributed by atoms with van der Waals surface area (Å²) in [6.45, 7) is 5.76. The molecule has 8 heteroatoms. The lowest BCUT2D eigenvalue weighted by Crippen LogP contribution is -2.17. The van der Waals surface area contributed by atoms with Crippen molar-refractivity contribution >= 4 is 29.5 Å². The molecule has 0 aliphatic heterocycles. The summed E-state index contributed by atoms with van der Waals surface area (Å²) in [6.07, 6.45) is 0. The van der Waals surface area contributed by atoms with E-state index >= 15 is 0 Å². The molecule has 0 saturated carbocycles. The van der Waals surface area contributed by atoms with Crippen LogP contribution in [0, 0.1) is 0 Å². The van der Waals surface area contributed by atoms with Gasteiger partial charge < -0.3 is 15.2 Å². The van der Waals surface area contributed by atoms with Crippen molar-refractivity contribution in [3.05, 3.63) is 5.56 Å². The van der Waals surface area contributed by atoms with Crippen LogP contribution in [0.1, 0.15) is 31.1 Å². The molecule has 1 aromatic heterocycles. The van der Waals surface area contributed by atoms with Crippen molar-refractivity contribution < 1.29 is 19.1 Å². The Morgan fingerprint density at radius 1 is 1.25 bits per heavy atom. The summed E-state index contributed by atoms with van der Waals surface area (Å²) < 4.78 is 11.1. The van der Waals surface area contributed by atoms with Crippen LogP contribution in [0.5, 0.6) is 0 Å². The molecule has 20 heavy (non-hydrogen) atoms. The molecule has 0 radical (unpaired) electrons. The molecule has 0 amide bonds. The number of hydrogen-bond acceptors (Lipinski definition) is 7. The van der Waals surface area contributed by atoms with Gasteiger partial charge in [0.05, 0.1) is 13.2 Å². The number of thioether (sulfide) groups is 1. The minimum atomic E-state index is -0.531. The molecule has 0 bridgehead atoms. The van der Waals surface area contributed by atoms with E-state index in [9.17, 15) is 9.59 Å². The number of nitrogens with zero attached hydrogens (tertiary/aromatic N) is 2. The summed E-state index contributed by atoms with van der Waals surface area (Å²) in [7, 11) is 0. The molecule has 112 valence electrons. The number of hydrogen-bond donors (Lipinski definition) is 1. The highest BCUT2D eigenvalue weighted by atomic mass is 32.2. The number of anilines is 1.